The summed E-state index contributed by atoms with van der Waals surface area (Å²) in [5, 5.41) is 20.9. The number of aromatic nitrogens is 2. The van der Waals surface area contributed by atoms with E-state index >= 15 is 0 Å². The number of aryl methyl sites for hydroxylation is 2. The molecule has 8 nitrogen and oxygen atoms in total. The van der Waals surface area contributed by atoms with Crippen molar-refractivity contribution in [2.45, 2.75) is 38.1 Å². The highest BCUT2D eigenvalue weighted by Crippen LogP contribution is 2.18. The summed E-state index contributed by atoms with van der Waals surface area (Å²) in [4.78, 5) is 22.2. The zero-order valence-electron chi connectivity index (χ0n) is 16.7. The third-order valence-corrected chi connectivity index (χ3v) is 4.70. The lowest BCUT2D eigenvalue weighted by molar-refractivity contribution is -0.192. The zero-order valence-corrected chi connectivity index (χ0v) is 16.7. The molecule has 1 aromatic carbocycles. The summed E-state index contributed by atoms with van der Waals surface area (Å²) in [6.07, 6.45) is -1.61. The summed E-state index contributed by atoms with van der Waals surface area (Å²) in [5.41, 5.74) is 8.25. The molecule has 0 saturated carbocycles. The Morgan fingerprint density at radius 2 is 1.77 bits per heavy atom. The van der Waals surface area contributed by atoms with Crippen LogP contribution in [0, 0.1) is 5.92 Å². The highest BCUT2D eigenvalue weighted by Gasteiger charge is 2.38. The average molecular weight is 442 g/mol. The third-order valence-electron chi connectivity index (χ3n) is 4.70. The van der Waals surface area contributed by atoms with Crippen molar-refractivity contribution in [3.05, 3.63) is 53.9 Å². The van der Waals surface area contributed by atoms with Crippen molar-refractivity contribution >= 4 is 11.9 Å². The van der Waals surface area contributed by atoms with E-state index in [0.29, 0.717) is 19.5 Å². The highest BCUT2D eigenvalue weighted by atomic mass is 19.4. The molecule has 0 bridgehead atoms. The van der Waals surface area contributed by atoms with Crippen LogP contribution in [0.4, 0.5) is 13.2 Å². The molecule has 170 valence electrons. The zero-order chi connectivity index (χ0) is 23.0. The van der Waals surface area contributed by atoms with E-state index in [9.17, 15) is 23.1 Å². The number of nitrogens with two attached hydrogens (primary N) is 1. The number of carboxylic acids is 2. The van der Waals surface area contributed by atoms with Crippen molar-refractivity contribution in [2.24, 2.45) is 11.7 Å². The normalized spacial score (nSPS) is 19.4. The Labute approximate surface area is 177 Å². The molecule has 1 fully saturated rings. The third kappa shape index (κ3) is 8.38. The number of alkyl halides is 3. The second kappa shape index (κ2) is 10.9. The minimum absolute atomic E-state index is 0.0833. The molecular weight excluding hydrogens is 417 g/mol. The van der Waals surface area contributed by atoms with Gasteiger partial charge in [-0.2, -0.15) is 18.3 Å². The SMILES string of the molecule is NC1CC(C(=O)O)CN(Cc2ccn(CCc3ccccc3)n2)C1.O=C(O)C(F)(F)F. The van der Waals surface area contributed by atoms with Gasteiger partial charge in [0, 0.05) is 38.4 Å². The molecule has 11 heteroatoms. The van der Waals surface area contributed by atoms with Gasteiger partial charge in [0.1, 0.15) is 0 Å². The fraction of sp³-hybridized carbons (Fsp3) is 0.450. The standard InChI is InChI=1S/C18H24N4O2.C2HF3O2/c19-16-10-15(18(23)24)11-21(12-16)13-17-7-9-22(20-17)8-6-14-4-2-1-3-5-14;3-2(4,5)1(6)7/h1-5,7,9,15-16H,6,8,10-13,19H2,(H,23,24);(H,6,7). The van der Waals surface area contributed by atoms with E-state index in [-0.39, 0.29) is 12.0 Å². The molecule has 1 saturated heterocycles. The molecule has 2 atom stereocenters. The molecule has 2 heterocycles. The number of halogens is 3. The monoisotopic (exact) mass is 442 g/mol. The van der Waals surface area contributed by atoms with Crippen molar-refractivity contribution in [3.8, 4) is 0 Å². The van der Waals surface area contributed by atoms with Gasteiger partial charge in [-0.15, -0.1) is 0 Å². The predicted octanol–water partition coefficient (Wildman–Crippen LogP) is 1.99. The second-order valence-corrected chi connectivity index (χ2v) is 7.33. The van der Waals surface area contributed by atoms with E-state index in [1.807, 2.05) is 35.1 Å². The maximum Gasteiger partial charge on any atom is 0.490 e. The van der Waals surface area contributed by atoms with E-state index in [1.165, 1.54) is 5.56 Å². The summed E-state index contributed by atoms with van der Waals surface area (Å²) in [6, 6.07) is 12.3. The van der Waals surface area contributed by atoms with E-state index in [0.717, 1.165) is 25.2 Å². The molecule has 0 radical (unpaired) electrons. The number of rotatable bonds is 6. The maximum absolute atomic E-state index is 11.2. The van der Waals surface area contributed by atoms with Crippen LogP contribution >= 0.6 is 0 Å². The lowest BCUT2D eigenvalue weighted by Crippen LogP contribution is -2.48. The van der Waals surface area contributed by atoms with E-state index < -0.39 is 18.1 Å². The summed E-state index contributed by atoms with van der Waals surface area (Å²) in [7, 11) is 0. The van der Waals surface area contributed by atoms with Gasteiger partial charge in [-0.3, -0.25) is 14.4 Å². The van der Waals surface area contributed by atoms with Crippen molar-refractivity contribution < 1.29 is 33.0 Å². The maximum atomic E-state index is 11.2. The van der Waals surface area contributed by atoms with Gasteiger partial charge in [-0.25, -0.2) is 4.79 Å². The van der Waals surface area contributed by atoms with Gasteiger partial charge < -0.3 is 15.9 Å². The number of benzene rings is 1. The molecule has 4 N–H and O–H groups in total. The van der Waals surface area contributed by atoms with Gasteiger partial charge in [0.05, 0.1) is 11.6 Å². The van der Waals surface area contributed by atoms with E-state index in [1.54, 1.807) is 0 Å². The van der Waals surface area contributed by atoms with Crippen LogP contribution in [0.1, 0.15) is 17.7 Å². The molecule has 0 spiro atoms. The first kappa shape index (κ1) is 24.4. The first-order chi connectivity index (χ1) is 14.5. The number of carbonyl (C=O) groups is 2. The molecule has 0 aliphatic carbocycles. The van der Waals surface area contributed by atoms with Crippen molar-refractivity contribution in [3.63, 3.8) is 0 Å². The van der Waals surface area contributed by atoms with Crippen molar-refractivity contribution in [2.75, 3.05) is 13.1 Å². The summed E-state index contributed by atoms with van der Waals surface area (Å²) in [5.74, 6) is -3.90. The Morgan fingerprint density at radius 3 is 2.35 bits per heavy atom. The van der Waals surface area contributed by atoms with Crippen molar-refractivity contribution in [1.82, 2.24) is 14.7 Å². The van der Waals surface area contributed by atoms with Gasteiger partial charge in [0.15, 0.2) is 0 Å². The Hall–Kier alpha value is -2.92. The van der Waals surface area contributed by atoms with Gasteiger partial charge in [0.2, 0.25) is 0 Å². The molecular formula is C20H25F3N4O4. The van der Waals surface area contributed by atoms with E-state index in [4.69, 9.17) is 15.6 Å². The van der Waals surface area contributed by atoms with Crippen LogP contribution in [0.5, 0.6) is 0 Å². The predicted molar refractivity (Wildman–Crippen MR) is 105 cm³/mol. The Bertz CT molecular complexity index is 858. The number of aliphatic carboxylic acids is 2. The summed E-state index contributed by atoms with van der Waals surface area (Å²) in [6.45, 7) is 2.75. The lowest BCUT2D eigenvalue weighted by atomic mass is 9.95. The van der Waals surface area contributed by atoms with E-state index in [2.05, 4.69) is 22.1 Å². The topological polar surface area (TPSA) is 122 Å². The van der Waals surface area contributed by atoms with Crippen LogP contribution in [-0.2, 0) is 29.1 Å². The quantitative estimate of drug-likeness (QED) is 0.626. The second-order valence-electron chi connectivity index (χ2n) is 7.33. The van der Waals surface area contributed by atoms with Crippen molar-refractivity contribution in [1.29, 1.82) is 0 Å². The molecule has 2 aromatic rings. The Morgan fingerprint density at radius 1 is 1.13 bits per heavy atom. The minimum atomic E-state index is -5.08. The number of hydrogen-bond acceptors (Lipinski definition) is 5. The fourth-order valence-electron chi connectivity index (χ4n) is 3.27. The number of piperidine rings is 1. The van der Waals surface area contributed by atoms with Gasteiger partial charge in [0.25, 0.3) is 0 Å². The first-order valence-electron chi connectivity index (χ1n) is 9.61. The Kier molecular flexibility index (Phi) is 8.57. The number of likely N-dealkylation sites (tertiary alicyclic amines) is 1. The highest BCUT2D eigenvalue weighted by molar-refractivity contribution is 5.73. The number of hydrogen-bond donors (Lipinski definition) is 3. The van der Waals surface area contributed by atoms with Crippen LogP contribution in [0.2, 0.25) is 0 Å². The van der Waals surface area contributed by atoms with Crippen LogP contribution in [0.15, 0.2) is 42.6 Å². The molecule has 31 heavy (non-hydrogen) atoms. The first-order valence-corrected chi connectivity index (χ1v) is 9.61. The van der Waals surface area contributed by atoms with Gasteiger partial charge in [-0.1, -0.05) is 30.3 Å². The van der Waals surface area contributed by atoms with Crippen LogP contribution in [0.3, 0.4) is 0 Å². The van der Waals surface area contributed by atoms with Crippen LogP contribution in [0.25, 0.3) is 0 Å². The minimum Gasteiger partial charge on any atom is -0.481 e. The lowest BCUT2D eigenvalue weighted by Gasteiger charge is -2.33. The largest absolute Gasteiger partial charge is 0.490 e. The van der Waals surface area contributed by atoms with Gasteiger partial charge in [-0.05, 0) is 24.5 Å². The summed E-state index contributed by atoms with van der Waals surface area (Å²) >= 11 is 0. The molecule has 1 aromatic heterocycles. The van der Waals surface area contributed by atoms with Gasteiger partial charge >= 0.3 is 18.1 Å². The molecule has 2 unspecified atom stereocenters. The van der Waals surface area contributed by atoms with Crippen LogP contribution in [-0.4, -0.2) is 62.1 Å². The van der Waals surface area contributed by atoms with Crippen LogP contribution < -0.4 is 5.73 Å². The average Bonchev–Trinajstić information content (AvgIpc) is 3.13. The molecule has 0 amide bonds. The molecule has 1 aliphatic heterocycles. The number of nitrogens with zero attached hydrogens (tertiary/aromatic N) is 3. The Balaban J connectivity index is 0.000000423. The molecule has 1 aliphatic rings. The molecule has 3 rings (SSSR count). The smallest absolute Gasteiger partial charge is 0.481 e. The fourth-order valence-corrected chi connectivity index (χ4v) is 3.27. The number of carboxylic acid groups (broad SMARTS) is 2. The summed E-state index contributed by atoms with van der Waals surface area (Å²) < 4.78 is 33.7.